The van der Waals surface area contributed by atoms with Gasteiger partial charge in [-0.15, -0.1) is 0 Å². The first-order valence-corrected chi connectivity index (χ1v) is 6.67. The maximum Gasteiger partial charge on any atom is 0.411 e. The fourth-order valence-corrected chi connectivity index (χ4v) is 2.36. The topological polar surface area (TPSA) is 66.8 Å². The largest absolute Gasteiger partial charge is 0.480 e. The molecule has 0 saturated carbocycles. The van der Waals surface area contributed by atoms with E-state index in [1.807, 2.05) is 0 Å². The van der Waals surface area contributed by atoms with E-state index < -0.39 is 35.4 Å². The van der Waals surface area contributed by atoms with Crippen LogP contribution in [0.5, 0.6) is 0 Å². The van der Waals surface area contributed by atoms with Crippen molar-refractivity contribution in [1.82, 2.24) is 4.90 Å². The van der Waals surface area contributed by atoms with Crippen molar-refractivity contribution in [3.8, 4) is 0 Å². The number of carbonyl (C=O) groups is 2. The molecule has 2 atom stereocenters. The molecule has 1 saturated heterocycles. The minimum absolute atomic E-state index is 0.132. The highest BCUT2D eigenvalue weighted by atomic mass is 19.1. The molecule has 1 aromatic carbocycles. The van der Waals surface area contributed by atoms with Gasteiger partial charge in [-0.1, -0.05) is 18.2 Å². The third-order valence-corrected chi connectivity index (χ3v) is 3.30. The molecular formula is C15H18FNO4. The van der Waals surface area contributed by atoms with Gasteiger partial charge in [-0.25, -0.2) is 14.0 Å². The van der Waals surface area contributed by atoms with Crippen molar-refractivity contribution in [3.63, 3.8) is 0 Å². The van der Waals surface area contributed by atoms with Gasteiger partial charge in [0.2, 0.25) is 0 Å². The maximum absolute atomic E-state index is 13.8. The number of halogens is 1. The minimum atomic E-state index is -1.17. The molecule has 0 spiro atoms. The maximum atomic E-state index is 13.8. The summed E-state index contributed by atoms with van der Waals surface area (Å²) in [5, 5.41) is 9.30. The van der Waals surface area contributed by atoms with E-state index in [1.165, 1.54) is 6.07 Å². The van der Waals surface area contributed by atoms with Gasteiger partial charge in [0.05, 0.1) is 0 Å². The summed E-state index contributed by atoms with van der Waals surface area (Å²) in [6.45, 7) is 5.24. The van der Waals surface area contributed by atoms with Gasteiger partial charge in [0, 0.05) is 12.5 Å². The van der Waals surface area contributed by atoms with E-state index in [-0.39, 0.29) is 6.54 Å². The summed E-state index contributed by atoms with van der Waals surface area (Å²) in [6.07, 6.45) is -0.692. The molecule has 0 aliphatic carbocycles. The summed E-state index contributed by atoms with van der Waals surface area (Å²) in [7, 11) is 0. The number of likely N-dealkylation sites (tertiary alicyclic amines) is 1. The molecular weight excluding hydrogens is 277 g/mol. The van der Waals surface area contributed by atoms with Crippen LogP contribution in [0.25, 0.3) is 0 Å². The molecule has 1 fully saturated rings. The van der Waals surface area contributed by atoms with Gasteiger partial charge in [0.1, 0.15) is 17.5 Å². The molecule has 0 radical (unpaired) electrons. The van der Waals surface area contributed by atoms with Gasteiger partial charge >= 0.3 is 12.1 Å². The number of ether oxygens (including phenoxy) is 1. The van der Waals surface area contributed by atoms with E-state index in [4.69, 9.17) is 4.74 Å². The summed E-state index contributed by atoms with van der Waals surface area (Å²) < 4.78 is 18.9. The van der Waals surface area contributed by atoms with Crippen LogP contribution in [0.2, 0.25) is 0 Å². The summed E-state index contributed by atoms with van der Waals surface area (Å²) in [5.41, 5.74) is -0.395. The van der Waals surface area contributed by atoms with Crippen LogP contribution in [0.1, 0.15) is 32.3 Å². The lowest BCUT2D eigenvalue weighted by molar-refractivity contribution is -0.149. The average Bonchev–Trinajstić information content (AvgIpc) is 2.27. The molecule has 2 rings (SSSR count). The number of carbonyl (C=O) groups excluding carboxylic acids is 1. The van der Waals surface area contributed by atoms with Gasteiger partial charge in [-0.2, -0.15) is 0 Å². The first-order valence-electron chi connectivity index (χ1n) is 6.67. The van der Waals surface area contributed by atoms with Crippen LogP contribution in [0.15, 0.2) is 24.3 Å². The first kappa shape index (κ1) is 15.3. The highest BCUT2D eigenvalue weighted by Crippen LogP contribution is 2.36. The molecule has 1 aliphatic heterocycles. The van der Waals surface area contributed by atoms with E-state index in [1.54, 1.807) is 39.0 Å². The number of carboxylic acid groups (broad SMARTS) is 1. The van der Waals surface area contributed by atoms with E-state index in [2.05, 4.69) is 0 Å². The molecule has 21 heavy (non-hydrogen) atoms. The number of aliphatic carboxylic acids is 1. The monoisotopic (exact) mass is 295 g/mol. The minimum Gasteiger partial charge on any atom is -0.480 e. The Morgan fingerprint density at radius 1 is 1.33 bits per heavy atom. The van der Waals surface area contributed by atoms with Gasteiger partial charge in [-0.05, 0) is 32.4 Å². The van der Waals surface area contributed by atoms with Crippen molar-refractivity contribution in [3.05, 3.63) is 35.6 Å². The van der Waals surface area contributed by atoms with Crippen LogP contribution in [0, 0.1) is 5.82 Å². The Kier molecular flexibility index (Phi) is 3.89. The van der Waals surface area contributed by atoms with Crippen LogP contribution in [0.4, 0.5) is 9.18 Å². The normalized spacial score (nSPS) is 21.6. The lowest BCUT2D eigenvalue weighted by atomic mass is 9.82. The summed E-state index contributed by atoms with van der Waals surface area (Å²) in [6, 6.07) is 4.91. The zero-order valence-electron chi connectivity index (χ0n) is 12.2. The molecule has 1 aliphatic rings. The van der Waals surface area contributed by atoms with Crippen molar-refractivity contribution in [2.75, 3.05) is 6.54 Å². The SMILES string of the molecule is CC(C)(C)OC(=O)N1CC(c2ccccc2F)C1C(=O)O. The number of amides is 1. The zero-order chi connectivity index (χ0) is 15.8. The Bertz CT molecular complexity index is 567. The predicted molar refractivity (Wildman–Crippen MR) is 73.5 cm³/mol. The van der Waals surface area contributed by atoms with Gasteiger partial charge in [0.15, 0.2) is 0 Å². The number of hydrogen-bond donors (Lipinski definition) is 1. The van der Waals surface area contributed by atoms with Crippen molar-refractivity contribution < 1.29 is 23.8 Å². The number of nitrogens with zero attached hydrogens (tertiary/aromatic N) is 1. The summed E-state index contributed by atoms with van der Waals surface area (Å²) in [4.78, 5) is 24.5. The third kappa shape index (κ3) is 3.15. The van der Waals surface area contributed by atoms with Gasteiger partial charge in [0.25, 0.3) is 0 Å². The standard InChI is InChI=1S/C15H18FNO4/c1-15(2,3)21-14(20)17-8-10(12(17)13(18)19)9-6-4-5-7-11(9)16/h4-7,10,12H,8H2,1-3H3,(H,18,19). The molecule has 114 valence electrons. The second-order valence-corrected chi connectivity index (χ2v) is 6.04. The number of hydrogen-bond acceptors (Lipinski definition) is 3. The highest BCUT2D eigenvalue weighted by molar-refractivity contribution is 5.84. The van der Waals surface area contributed by atoms with E-state index >= 15 is 0 Å². The van der Waals surface area contributed by atoms with Crippen LogP contribution in [-0.2, 0) is 9.53 Å². The second-order valence-electron chi connectivity index (χ2n) is 6.04. The van der Waals surface area contributed by atoms with Crippen LogP contribution in [0.3, 0.4) is 0 Å². The Labute approximate surface area is 122 Å². The third-order valence-electron chi connectivity index (χ3n) is 3.30. The molecule has 1 N–H and O–H groups in total. The molecule has 1 amide bonds. The van der Waals surface area contributed by atoms with E-state index in [9.17, 15) is 19.1 Å². The van der Waals surface area contributed by atoms with E-state index in [0.717, 1.165) is 4.90 Å². The molecule has 1 heterocycles. The smallest absolute Gasteiger partial charge is 0.411 e. The molecule has 0 aromatic heterocycles. The Morgan fingerprint density at radius 3 is 2.48 bits per heavy atom. The van der Waals surface area contributed by atoms with Crippen molar-refractivity contribution in [2.24, 2.45) is 0 Å². The second kappa shape index (κ2) is 5.35. The van der Waals surface area contributed by atoms with Gasteiger partial charge in [-0.3, -0.25) is 4.90 Å². The average molecular weight is 295 g/mol. The zero-order valence-corrected chi connectivity index (χ0v) is 12.2. The molecule has 1 aromatic rings. The van der Waals surface area contributed by atoms with Crippen LogP contribution < -0.4 is 0 Å². The Balaban J connectivity index is 2.18. The quantitative estimate of drug-likeness (QED) is 0.910. The van der Waals surface area contributed by atoms with E-state index in [0.29, 0.717) is 5.56 Å². The number of rotatable bonds is 2. The molecule has 2 unspecified atom stereocenters. The van der Waals surface area contributed by atoms with Crippen molar-refractivity contribution >= 4 is 12.1 Å². The van der Waals surface area contributed by atoms with Crippen molar-refractivity contribution in [2.45, 2.75) is 38.3 Å². The number of benzene rings is 1. The first-order chi connectivity index (χ1) is 9.70. The highest BCUT2D eigenvalue weighted by Gasteiger charge is 2.49. The molecule has 6 heteroatoms. The molecule has 0 bridgehead atoms. The number of carboxylic acids is 1. The lowest BCUT2D eigenvalue weighted by Crippen LogP contribution is -2.61. The lowest BCUT2D eigenvalue weighted by Gasteiger charge is -2.45. The van der Waals surface area contributed by atoms with Crippen molar-refractivity contribution in [1.29, 1.82) is 0 Å². The fraction of sp³-hybridized carbons (Fsp3) is 0.467. The Morgan fingerprint density at radius 2 is 1.95 bits per heavy atom. The molecule has 5 nitrogen and oxygen atoms in total. The van der Waals surface area contributed by atoms with Crippen LogP contribution >= 0.6 is 0 Å². The van der Waals surface area contributed by atoms with Gasteiger partial charge < -0.3 is 9.84 Å². The summed E-state index contributed by atoms with van der Waals surface area (Å²) >= 11 is 0. The van der Waals surface area contributed by atoms with Crippen LogP contribution in [-0.4, -0.2) is 40.3 Å². The predicted octanol–water partition coefficient (Wildman–Crippen LogP) is 2.61. The summed E-state index contributed by atoms with van der Waals surface area (Å²) in [5.74, 6) is -2.19. The fourth-order valence-electron chi connectivity index (χ4n) is 2.36. The Hall–Kier alpha value is -2.11.